The van der Waals surface area contributed by atoms with E-state index in [2.05, 4.69) is 5.16 Å². The highest BCUT2D eigenvalue weighted by molar-refractivity contribution is 6.06. The fourth-order valence-electron chi connectivity index (χ4n) is 5.97. The highest BCUT2D eigenvalue weighted by Gasteiger charge is 2.59. The smallest absolute Gasteiger partial charge is 0.307 e. The first kappa shape index (κ1) is 27.8. The summed E-state index contributed by atoms with van der Waals surface area (Å²) in [5.41, 5.74) is 0.281. The Bertz CT molecular complexity index is 912. The van der Waals surface area contributed by atoms with Gasteiger partial charge in [-0.05, 0) is 19.8 Å². The number of rotatable bonds is 7. The van der Waals surface area contributed by atoms with E-state index >= 15 is 0 Å². The van der Waals surface area contributed by atoms with E-state index in [0.717, 1.165) is 4.90 Å². The lowest BCUT2D eigenvalue weighted by Crippen LogP contribution is -2.59. The van der Waals surface area contributed by atoms with E-state index in [1.165, 1.54) is 0 Å². The zero-order valence-electron chi connectivity index (χ0n) is 20.3. The van der Waals surface area contributed by atoms with Gasteiger partial charge in [0.2, 0.25) is 11.8 Å². The number of hydrogen-bond donors (Lipinski definition) is 6. The molecule has 14 nitrogen and oxygen atoms in total. The van der Waals surface area contributed by atoms with Crippen LogP contribution < -0.4 is 0 Å². The largest absolute Gasteiger partial charge is 0.466 e. The van der Waals surface area contributed by atoms with Crippen molar-refractivity contribution >= 4 is 23.5 Å². The van der Waals surface area contributed by atoms with Crippen LogP contribution in [0.5, 0.6) is 0 Å². The van der Waals surface area contributed by atoms with Gasteiger partial charge in [-0.2, -0.15) is 0 Å². The van der Waals surface area contributed by atoms with Gasteiger partial charge in [-0.3, -0.25) is 19.3 Å². The Morgan fingerprint density at radius 3 is 2.41 bits per heavy atom. The Morgan fingerprint density at radius 1 is 1.03 bits per heavy atom. The summed E-state index contributed by atoms with van der Waals surface area (Å²) in [4.78, 5) is 44.4. The van der Waals surface area contributed by atoms with Crippen molar-refractivity contribution in [2.75, 3.05) is 19.8 Å². The molecular formula is C23H34N2O12. The molecule has 0 aromatic carbocycles. The van der Waals surface area contributed by atoms with Gasteiger partial charge in [0.1, 0.15) is 24.4 Å². The molecule has 14 heteroatoms. The summed E-state index contributed by atoms with van der Waals surface area (Å²) in [6, 6.07) is 0. The molecule has 6 N–H and O–H groups in total. The maximum absolute atomic E-state index is 13.3. The van der Waals surface area contributed by atoms with Crippen molar-refractivity contribution in [3.8, 4) is 0 Å². The third-order valence-electron chi connectivity index (χ3n) is 7.84. The van der Waals surface area contributed by atoms with Crippen LogP contribution in [0.15, 0.2) is 5.16 Å². The van der Waals surface area contributed by atoms with Gasteiger partial charge >= 0.3 is 5.97 Å². The van der Waals surface area contributed by atoms with Gasteiger partial charge in [-0.25, -0.2) is 0 Å². The zero-order valence-corrected chi connectivity index (χ0v) is 20.3. The maximum Gasteiger partial charge on any atom is 0.307 e. The summed E-state index contributed by atoms with van der Waals surface area (Å²) in [7, 11) is 0. The van der Waals surface area contributed by atoms with Crippen molar-refractivity contribution in [2.45, 2.75) is 75.5 Å². The Morgan fingerprint density at radius 2 is 1.73 bits per heavy atom. The summed E-state index contributed by atoms with van der Waals surface area (Å²) in [6.07, 6.45) is -9.87. The Balaban J connectivity index is 1.52. The lowest BCUT2D eigenvalue weighted by Gasteiger charge is -2.45. The predicted molar refractivity (Wildman–Crippen MR) is 120 cm³/mol. The standard InChI is InChI=1S/C23H34N2O12/c1-2-35-14(28)5-6-25-21(33)10-4-3-9-11(7-12(27)17(29)15(9)16(10)22(25)34)24-37-23-20(32)19(31)18(30)13(8-26)36-23/h9-10,12-13,15-20,23,26-27,29-32H,2-8H2,1H3/t9-,10+,12+,13+,15-,16+,17+,18+,19-,20+,23-/m0/s1. The number of aliphatic hydroxyl groups is 6. The van der Waals surface area contributed by atoms with Gasteiger partial charge in [0.05, 0.1) is 49.4 Å². The fraction of sp³-hybridized carbons (Fsp3) is 0.826. The number of fused-ring (bicyclic) bond motifs is 3. The second-order valence-corrected chi connectivity index (χ2v) is 9.92. The van der Waals surface area contributed by atoms with Gasteiger partial charge in [0, 0.05) is 24.8 Å². The minimum Gasteiger partial charge on any atom is -0.466 e. The second kappa shape index (κ2) is 11.3. The number of ether oxygens (including phenoxy) is 2. The van der Waals surface area contributed by atoms with Crippen molar-refractivity contribution in [2.24, 2.45) is 28.8 Å². The number of nitrogens with zero attached hydrogens (tertiary/aromatic N) is 2. The first-order valence-electron chi connectivity index (χ1n) is 12.5. The van der Waals surface area contributed by atoms with E-state index in [4.69, 9.17) is 14.3 Å². The van der Waals surface area contributed by atoms with E-state index in [-0.39, 0.29) is 31.7 Å². The van der Waals surface area contributed by atoms with Gasteiger partial charge in [-0.15, -0.1) is 0 Å². The molecule has 4 fully saturated rings. The van der Waals surface area contributed by atoms with Crippen LogP contribution in [-0.4, -0.2) is 122 Å². The maximum atomic E-state index is 13.3. The van der Waals surface area contributed by atoms with Crippen LogP contribution >= 0.6 is 0 Å². The molecule has 208 valence electrons. The third kappa shape index (κ3) is 5.11. The minimum absolute atomic E-state index is 0.105. The molecule has 0 unspecified atom stereocenters. The molecule has 0 bridgehead atoms. The molecule has 0 radical (unpaired) electrons. The van der Waals surface area contributed by atoms with Gasteiger partial charge in [0.15, 0.2) is 0 Å². The number of imide groups is 1. The van der Waals surface area contributed by atoms with Crippen LogP contribution in [0.25, 0.3) is 0 Å². The molecule has 2 aliphatic carbocycles. The SMILES string of the molecule is CCOC(=O)CCN1C(=O)[C@H]2[C@H]3[C@H](O)[C@H](O)CC(=NO[C@@H]4O[C@H](CO)[C@@H](O)[C@H](O)[C@H]4O)[C@@H]3CC[C@H]2C1=O. The number of likely N-dealkylation sites (tertiary alicyclic amines) is 1. The summed E-state index contributed by atoms with van der Waals surface area (Å²) in [5.74, 6) is -4.50. The van der Waals surface area contributed by atoms with E-state index in [9.17, 15) is 45.0 Å². The van der Waals surface area contributed by atoms with Crippen molar-refractivity contribution in [1.29, 1.82) is 0 Å². The van der Waals surface area contributed by atoms with Crippen LogP contribution in [0.3, 0.4) is 0 Å². The molecule has 0 spiro atoms. The van der Waals surface area contributed by atoms with Gasteiger partial charge in [-0.1, -0.05) is 5.16 Å². The molecule has 4 rings (SSSR count). The molecule has 11 atom stereocenters. The average Bonchev–Trinajstić information content (AvgIpc) is 3.12. The first-order chi connectivity index (χ1) is 17.6. The first-order valence-corrected chi connectivity index (χ1v) is 12.5. The zero-order chi connectivity index (χ0) is 27.0. The van der Waals surface area contributed by atoms with Crippen molar-refractivity contribution < 1.29 is 59.3 Å². The molecular weight excluding hydrogens is 496 g/mol. The van der Waals surface area contributed by atoms with Gasteiger partial charge < -0.3 is 45.0 Å². The highest BCUT2D eigenvalue weighted by atomic mass is 16.8. The number of aliphatic hydroxyl groups excluding tert-OH is 6. The molecule has 2 saturated carbocycles. The van der Waals surface area contributed by atoms with E-state index in [0.29, 0.717) is 12.8 Å². The third-order valence-corrected chi connectivity index (χ3v) is 7.84. The van der Waals surface area contributed by atoms with E-state index in [1.54, 1.807) is 6.92 Å². The summed E-state index contributed by atoms with van der Waals surface area (Å²) in [5, 5.41) is 64.9. The minimum atomic E-state index is -1.69. The van der Waals surface area contributed by atoms with Crippen molar-refractivity contribution in [3.05, 3.63) is 0 Å². The van der Waals surface area contributed by atoms with Crippen LogP contribution in [-0.2, 0) is 28.7 Å². The topological polar surface area (TPSA) is 216 Å². The number of carbonyl (C=O) groups is 3. The molecule has 2 amide bonds. The van der Waals surface area contributed by atoms with Crippen LogP contribution in [0, 0.1) is 23.7 Å². The lowest BCUT2D eigenvalue weighted by atomic mass is 9.60. The van der Waals surface area contributed by atoms with Crippen LogP contribution in [0.1, 0.15) is 32.6 Å². The summed E-state index contributed by atoms with van der Waals surface area (Å²) < 4.78 is 10.2. The molecule has 2 aliphatic heterocycles. The monoisotopic (exact) mass is 530 g/mol. The van der Waals surface area contributed by atoms with Crippen molar-refractivity contribution in [3.63, 3.8) is 0 Å². The lowest BCUT2D eigenvalue weighted by molar-refractivity contribution is -0.301. The second-order valence-electron chi connectivity index (χ2n) is 9.92. The van der Waals surface area contributed by atoms with Gasteiger partial charge in [0.25, 0.3) is 6.29 Å². The molecule has 2 heterocycles. The molecule has 37 heavy (non-hydrogen) atoms. The Kier molecular flexibility index (Phi) is 8.48. The highest BCUT2D eigenvalue weighted by Crippen LogP contribution is 2.49. The number of esters is 1. The molecule has 2 saturated heterocycles. The van der Waals surface area contributed by atoms with Crippen LogP contribution in [0.4, 0.5) is 0 Å². The molecule has 0 aromatic rings. The normalized spacial score (nSPS) is 42.9. The number of oxime groups is 1. The van der Waals surface area contributed by atoms with E-state index in [1.807, 2.05) is 0 Å². The predicted octanol–water partition coefficient (Wildman–Crippen LogP) is -3.13. The Hall–Kier alpha value is -2.20. The summed E-state index contributed by atoms with van der Waals surface area (Å²) in [6.45, 7) is 1.03. The van der Waals surface area contributed by atoms with Crippen molar-refractivity contribution in [1.82, 2.24) is 4.90 Å². The average molecular weight is 531 g/mol. The number of carbonyl (C=O) groups excluding carboxylic acids is 3. The molecule has 0 aromatic heterocycles. The number of amides is 2. The molecule has 4 aliphatic rings. The van der Waals surface area contributed by atoms with Crippen LogP contribution in [0.2, 0.25) is 0 Å². The fourth-order valence-corrected chi connectivity index (χ4v) is 5.97. The van der Waals surface area contributed by atoms with E-state index < -0.39 is 91.0 Å². The summed E-state index contributed by atoms with van der Waals surface area (Å²) >= 11 is 0. The Labute approximate surface area is 212 Å². The number of hydrogen-bond acceptors (Lipinski definition) is 13. The quantitative estimate of drug-likeness (QED) is 0.109.